The highest BCUT2D eigenvalue weighted by molar-refractivity contribution is 5.68. The number of nitrogens with zero attached hydrogens (tertiary/aromatic N) is 1. The van der Waals surface area contributed by atoms with E-state index in [2.05, 4.69) is 0 Å². The molecule has 0 spiro atoms. The molecule has 0 saturated carbocycles. The van der Waals surface area contributed by atoms with E-state index in [1.54, 1.807) is 4.90 Å². The van der Waals surface area contributed by atoms with Crippen LogP contribution in [0.3, 0.4) is 0 Å². The van der Waals surface area contributed by atoms with Crippen molar-refractivity contribution in [2.45, 2.75) is 64.8 Å². The number of piperidine rings is 1. The van der Waals surface area contributed by atoms with Gasteiger partial charge in [-0.2, -0.15) is 0 Å². The molecule has 1 aliphatic heterocycles. The smallest absolute Gasteiger partial charge is 0.410 e. The lowest BCUT2D eigenvalue weighted by Gasteiger charge is -2.36. The number of likely N-dealkylation sites (tertiary alicyclic amines) is 1. The fraction of sp³-hybridized carbons (Fsp3) is 0.929. The number of carbonyl (C=O) groups is 1. The van der Waals surface area contributed by atoms with Gasteiger partial charge in [0.1, 0.15) is 5.60 Å². The molecule has 0 aromatic rings. The van der Waals surface area contributed by atoms with Crippen molar-refractivity contribution in [3.63, 3.8) is 0 Å². The first-order valence-electron chi connectivity index (χ1n) is 6.89. The van der Waals surface area contributed by atoms with Gasteiger partial charge in [-0.25, -0.2) is 4.79 Å². The van der Waals surface area contributed by atoms with Crippen LogP contribution >= 0.6 is 0 Å². The number of carbonyl (C=O) groups excluding carboxylic acids is 1. The number of aliphatic hydroxyl groups is 1. The average Bonchev–Trinajstić information content (AvgIpc) is 2.27. The quantitative estimate of drug-likeness (QED) is 0.856. The zero-order valence-corrected chi connectivity index (χ0v) is 12.7. The van der Waals surface area contributed by atoms with Gasteiger partial charge in [-0.05, 0) is 47.5 Å². The van der Waals surface area contributed by atoms with Crippen molar-refractivity contribution < 1.29 is 19.4 Å². The minimum Gasteiger partial charge on any atom is -0.444 e. The van der Waals surface area contributed by atoms with Crippen LogP contribution in [0.5, 0.6) is 0 Å². The van der Waals surface area contributed by atoms with Gasteiger partial charge in [0.25, 0.3) is 0 Å². The van der Waals surface area contributed by atoms with E-state index in [4.69, 9.17) is 9.47 Å². The molecule has 19 heavy (non-hydrogen) atoms. The summed E-state index contributed by atoms with van der Waals surface area (Å²) in [6.07, 6.45) is 1.40. The third-order valence-electron chi connectivity index (χ3n) is 2.96. The molecular formula is C14H27NO4. The van der Waals surface area contributed by atoms with Crippen molar-refractivity contribution in [2.24, 2.45) is 0 Å². The monoisotopic (exact) mass is 273 g/mol. The van der Waals surface area contributed by atoms with Crippen LogP contribution < -0.4 is 0 Å². The molecule has 1 amide bonds. The first-order chi connectivity index (χ1) is 8.63. The van der Waals surface area contributed by atoms with Crippen LogP contribution in [0, 0.1) is 0 Å². The van der Waals surface area contributed by atoms with Crippen molar-refractivity contribution >= 4 is 6.09 Å². The molecule has 0 unspecified atom stereocenters. The third kappa shape index (κ3) is 5.78. The Labute approximate surface area is 115 Å². The van der Waals surface area contributed by atoms with Gasteiger partial charge < -0.3 is 19.5 Å². The van der Waals surface area contributed by atoms with Gasteiger partial charge in [-0.15, -0.1) is 0 Å². The van der Waals surface area contributed by atoms with Crippen molar-refractivity contribution in [1.29, 1.82) is 0 Å². The SMILES string of the molecule is CC(C)(C)OC(=O)N1CCC(OC(C)(C)CO)CC1. The molecule has 0 atom stereocenters. The van der Waals surface area contributed by atoms with Crippen LogP contribution in [0.2, 0.25) is 0 Å². The van der Waals surface area contributed by atoms with E-state index in [1.165, 1.54) is 0 Å². The molecule has 1 rings (SSSR count). The molecular weight excluding hydrogens is 246 g/mol. The number of ether oxygens (including phenoxy) is 2. The molecule has 0 radical (unpaired) electrons. The van der Waals surface area contributed by atoms with E-state index in [0.717, 1.165) is 12.8 Å². The van der Waals surface area contributed by atoms with Gasteiger partial charge >= 0.3 is 6.09 Å². The highest BCUT2D eigenvalue weighted by atomic mass is 16.6. The summed E-state index contributed by atoms with van der Waals surface area (Å²) in [5.41, 5.74) is -0.970. The molecule has 5 nitrogen and oxygen atoms in total. The van der Waals surface area contributed by atoms with E-state index in [1.807, 2.05) is 34.6 Å². The van der Waals surface area contributed by atoms with Crippen molar-refractivity contribution in [3.05, 3.63) is 0 Å². The Bertz CT molecular complexity index is 301. The van der Waals surface area contributed by atoms with E-state index < -0.39 is 11.2 Å². The summed E-state index contributed by atoms with van der Waals surface area (Å²) in [5.74, 6) is 0. The van der Waals surface area contributed by atoms with Crippen LogP contribution in [-0.4, -0.2) is 53.1 Å². The minimum absolute atomic E-state index is 0.000714. The number of aliphatic hydroxyl groups excluding tert-OH is 1. The molecule has 5 heteroatoms. The molecule has 0 aromatic carbocycles. The van der Waals surface area contributed by atoms with E-state index in [9.17, 15) is 9.90 Å². The maximum atomic E-state index is 11.9. The first-order valence-corrected chi connectivity index (χ1v) is 6.89. The zero-order valence-electron chi connectivity index (χ0n) is 12.7. The second-order valence-electron chi connectivity index (χ2n) is 6.70. The van der Waals surface area contributed by atoms with E-state index >= 15 is 0 Å². The Morgan fingerprint density at radius 2 is 1.74 bits per heavy atom. The molecule has 1 fully saturated rings. The van der Waals surface area contributed by atoms with Gasteiger partial charge in [-0.3, -0.25) is 0 Å². The summed E-state index contributed by atoms with van der Waals surface area (Å²) in [5, 5.41) is 9.18. The Hall–Kier alpha value is -0.810. The minimum atomic E-state index is -0.515. The lowest BCUT2D eigenvalue weighted by atomic mass is 10.1. The molecule has 0 aliphatic carbocycles. The molecule has 1 saturated heterocycles. The topological polar surface area (TPSA) is 59.0 Å². The second kappa shape index (κ2) is 6.09. The summed E-state index contributed by atoms with van der Waals surface area (Å²) in [6, 6.07) is 0. The first kappa shape index (κ1) is 16.2. The van der Waals surface area contributed by atoms with Crippen LogP contribution in [0.4, 0.5) is 4.79 Å². The summed E-state index contributed by atoms with van der Waals surface area (Å²) in [7, 11) is 0. The highest BCUT2D eigenvalue weighted by Gasteiger charge is 2.30. The predicted molar refractivity (Wildman–Crippen MR) is 73.1 cm³/mol. The number of hydrogen-bond donors (Lipinski definition) is 1. The van der Waals surface area contributed by atoms with Crippen molar-refractivity contribution in [3.8, 4) is 0 Å². The lowest BCUT2D eigenvalue weighted by molar-refractivity contribution is -0.113. The van der Waals surface area contributed by atoms with Gasteiger partial charge in [-0.1, -0.05) is 0 Å². The van der Waals surface area contributed by atoms with Crippen molar-refractivity contribution in [2.75, 3.05) is 19.7 Å². The normalized spacial score (nSPS) is 18.5. The Morgan fingerprint density at radius 1 is 1.21 bits per heavy atom. The Morgan fingerprint density at radius 3 is 2.16 bits per heavy atom. The van der Waals surface area contributed by atoms with Gasteiger partial charge in [0.2, 0.25) is 0 Å². The largest absolute Gasteiger partial charge is 0.444 e. The summed E-state index contributed by atoms with van der Waals surface area (Å²) < 4.78 is 11.2. The van der Waals surface area contributed by atoms with Crippen LogP contribution in [0.1, 0.15) is 47.5 Å². The summed E-state index contributed by atoms with van der Waals surface area (Å²) >= 11 is 0. The van der Waals surface area contributed by atoms with Gasteiger partial charge in [0, 0.05) is 13.1 Å². The molecule has 1 heterocycles. The molecule has 112 valence electrons. The van der Waals surface area contributed by atoms with E-state index in [0.29, 0.717) is 13.1 Å². The van der Waals surface area contributed by atoms with Crippen molar-refractivity contribution in [1.82, 2.24) is 4.90 Å². The molecule has 0 aromatic heterocycles. The van der Waals surface area contributed by atoms with Gasteiger partial charge in [0.15, 0.2) is 0 Å². The third-order valence-corrected chi connectivity index (χ3v) is 2.96. The summed E-state index contributed by atoms with van der Waals surface area (Å²) in [6.45, 7) is 10.6. The highest BCUT2D eigenvalue weighted by Crippen LogP contribution is 2.21. The molecule has 0 bridgehead atoms. The maximum absolute atomic E-state index is 11.9. The predicted octanol–water partition coefficient (Wildman–Crippen LogP) is 2.17. The average molecular weight is 273 g/mol. The Kier molecular flexibility index (Phi) is 5.21. The van der Waals surface area contributed by atoms with Gasteiger partial charge in [0.05, 0.1) is 18.3 Å². The van der Waals surface area contributed by atoms with Crippen LogP contribution in [0.15, 0.2) is 0 Å². The standard InChI is InChI=1S/C14H27NO4/c1-13(2,3)19-12(17)15-8-6-11(7-9-15)18-14(4,5)10-16/h11,16H,6-10H2,1-5H3. The number of rotatable bonds is 3. The second-order valence-corrected chi connectivity index (χ2v) is 6.70. The maximum Gasteiger partial charge on any atom is 0.410 e. The zero-order chi connectivity index (χ0) is 14.7. The van der Waals surface area contributed by atoms with E-state index in [-0.39, 0.29) is 18.8 Å². The van der Waals surface area contributed by atoms with Crippen LogP contribution in [-0.2, 0) is 9.47 Å². The number of hydrogen-bond acceptors (Lipinski definition) is 4. The number of amides is 1. The van der Waals surface area contributed by atoms with Crippen LogP contribution in [0.25, 0.3) is 0 Å². The molecule has 1 N–H and O–H groups in total. The molecule has 1 aliphatic rings. The lowest BCUT2D eigenvalue weighted by Crippen LogP contribution is -2.45. The summed E-state index contributed by atoms with van der Waals surface area (Å²) in [4.78, 5) is 13.6. The fourth-order valence-corrected chi connectivity index (χ4v) is 1.97. The Balaban J connectivity index is 2.39. The fourth-order valence-electron chi connectivity index (χ4n) is 1.97.